The Morgan fingerprint density at radius 2 is 2.19 bits per heavy atom. The van der Waals surface area contributed by atoms with Gasteiger partial charge in [0.25, 0.3) is 5.91 Å². The molecule has 0 atom stereocenters. The van der Waals surface area contributed by atoms with Crippen LogP contribution in [0.25, 0.3) is 0 Å². The number of furan rings is 1. The molecule has 0 bridgehead atoms. The molecule has 0 radical (unpaired) electrons. The summed E-state index contributed by atoms with van der Waals surface area (Å²) < 4.78 is 9.34. The Hall–Kier alpha value is -2.11. The van der Waals surface area contributed by atoms with Crippen LogP contribution in [0.5, 0.6) is 0 Å². The summed E-state index contributed by atoms with van der Waals surface area (Å²) in [6.45, 7) is 0.719. The Morgan fingerprint density at radius 1 is 1.44 bits per heavy atom. The highest BCUT2D eigenvalue weighted by Gasteiger charge is 2.10. The minimum absolute atomic E-state index is 0.111. The van der Waals surface area contributed by atoms with Crippen molar-refractivity contribution in [1.29, 1.82) is 0 Å². The van der Waals surface area contributed by atoms with Crippen LogP contribution < -0.4 is 5.32 Å². The fourth-order valence-electron chi connectivity index (χ4n) is 0.880. The fraction of sp³-hybridized carbons (Fsp3) is 0.300. The van der Waals surface area contributed by atoms with Crippen molar-refractivity contribution in [2.75, 3.05) is 13.2 Å². The standard InChI is InChI=1S/C10H11NO5/c1-7(12)6-16-9(13)5-11-10(14)8-3-2-4-15-8/h2-4H,5-6H2,1H3,(H,11,14). The van der Waals surface area contributed by atoms with Gasteiger partial charge in [-0.15, -0.1) is 0 Å². The number of hydrogen-bond donors (Lipinski definition) is 1. The summed E-state index contributed by atoms with van der Waals surface area (Å²) in [5.74, 6) is -1.33. The zero-order valence-electron chi connectivity index (χ0n) is 8.69. The third kappa shape index (κ3) is 3.95. The third-order valence-corrected chi connectivity index (χ3v) is 1.57. The van der Waals surface area contributed by atoms with Gasteiger partial charge in [-0.05, 0) is 19.1 Å². The van der Waals surface area contributed by atoms with Gasteiger partial charge in [-0.25, -0.2) is 0 Å². The van der Waals surface area contributed by atoms with Crippen LogP contribution in [0.15, 0.2) is 22.8 Å². The lowest BCUT2D eigenvalue weighted by Gasteiger charge is -2.03. The zero-order valence-corrected chi connectivity index (χ0v) is 8.69. The molecule has 1 N–H and O–H groups in total. The molecule has 1 heterocycles. The molecule has 0 aliphatic carbocycles. The number of ether oxygens (including phenoxy) is 1. The maximum atomic E-state index is 11.3. The smallest absolute Gasteiger partial charge is 0.325 e. The lowest BCUT2D eigenvalue weighted by atomic mass is 10.4. The van der Waals surface area contributed by atoms with Crippen molar-refractivity contribution >= 4 is 17.7 Å². The van der Waals surface area contributed by atoms with E-state index in [4.69, 9.17) is 4.42 Å². The van der Waals surface area contributed by atoms with Gasteiger partial charge in [0.15, 0.2) is 11.5 Å². The normalized spacial score (nSPS) is 9.56. The lowest BCUT2D eigenvalue weighted by Crippen LogP contribution is -2.31. The predicted molar refractivity (Wildman–Crippen MR) is 52.7 cm³/mol. The first-order valence-electron chi connectivity index (χ1n) is 4.56. The Bertz CT molecular complexity index is 382. The quantitative estimate of drug-likeness (QED) is 0.720. The van der Waals surface area contributed by atoms with Gasteiger partial charge in [0.1, 0.15) is 13.2 Å². The molecule has 16 heavy (non-hydrogen) atoms. The van der Waals surface area contributed by atoms with Gasteiger partial charge in [0.05, 0.1) is 6.26 Å². The number of esters is 1. The summed E-state index contributed by atoms with van der Waals surface area (Å²) in [4.78, 5) is 32.8. The summed E-state index contributed by atoms with van der Waals surface area (Å²) >= 11 is 0. The monoisotopic (exact) mass is 225 g/mol. The van der Waals surface area contributed by atoms with Crippen LogP contribution in [0.2, 0.25) is 0 Å². The molecule has 0 saturated carbocycles. The molecule has 0 aromatic carbocycles. The minimum Gasteiger partial charge on any atom is -0.459 e. The number of ketones is 1. The van der Waals surface area contributed by atoms with E-state index in [-0.39, 0.29) is 24.7 Å². The number of carbonyl (C=O) groups is 3. The van der Waals surface area contributed by atoms with E-state index in [1.807, 2.05) is 0 Å². The van der Waals surface area contributed by atoms with E-state index < -0.39 is 11.9 Å². The van der Waals surface area contributed by atoms with Gasteiger partial charge in [0.2, 0.25) is 0 Å². The first-order chi connectivity index (χ1) is 7.59. The minimum atomic E-state index is -0.671. The van der Waals surface area contributed by atoms with Crippen molar-refractivity contribution in [2.45, 2.75) is 6.92 Å². The highest BCUT2D eigenvalue weighted by Crippen LogP contribution is 1.98. The summed E-state index contributed by atoms with van der Waals surface area (Å²) in [6.07, 6.45) is 1.35. The van der Waals surface area contributed by atoms with Crippen LogP contribution in [-0.2, 0) is 14.3 Å². The second kappa shape index (κ2) is 5.69. The van der Waals surface area contributed by atoms with Gasteiger partial charge in [-0.2, -0.15) is 0 Å². The predicted octanol–water partition coefficient (Wildman–Crippen LogP) is 0.142. The highest BCUT2D eigenvalue weighted by atomic mass is 16.5. The molecule has 0 aliphatic heterocycles. The second-order valence-electron chi connectivity index (χ2n) is 3.02. The Kier molecular flexibility index (Phi) is 4.26. The zero-order chi connectivity index (χ0) is 12.0. The van der Waals surface area contributed by atoms with Crippen LogP contribution in [-0.4, -0.2) is 30.8 Å². The maximum absolute atomic E-state index is 11.3. The Morgan fingerprint density at radius 3 is 2.75 bits per heavy atom. The molecule has 1 aromatic heterocycles. The van der Waals surface area contributed by atoms with Crippen LogP contribution in [0.1, 0.15) is 17.5 Å². The summed E-state index contributed by atoms with van der Waals surface area (Å²) in [5, 5.41) is 2.29. The molecule has 1 amide bonds. The number of Topliss-reactive ketones (excluding diaryl/α,β-unsaturated/α-hetero) is 1. The average molecular weight is 225 g/mol. The molecule has 0 spiro atoms. The van der Waals surface area contributed by atoms with Crippen molar-refractivity contribution in [2.24, 2.45) is 0 Å². The van der Waals surface area contributed by atoms with Crippen LogP contribution in [0.3, 0.4) is 0 Å². The van der Waals surface area contributed by atoms with E-state index in [1.165, 1.54) is 19.3 Å². The van der Waals surface area contributed by atoms with Crippen molar-refractivity contribution in [3.63, 3.8) is 0 Å². The Labute approximate surface area is 91.6 Å². The van der Waals surface area contributed by atoms with Crippen molar-refractivity contribution in [1.82, 2.24) is 5.32 Å². The van der Waals surface area contributed by atoms with Crippen LogP contribution in [0, 0.1) is 0 Å². The van der Waals surface area contributed by atoms with Crippen molar-refractivity contribution in [3.8, 4) is 0 Å². The van der Waals surface area contributed by atoms with E-state index in [1.54, 1.807) is 6.07 Å². The largest absolute Gasteiger partial charge is 0.459 e. The molecule has 0 unspecified atom stereocenters. The molecule has 86 valence electrons. The van der Waals surface area contributed by atoms with Gasteiger partial charge in [-0.3, -0.25) is 14.4 Å². The number of carbonyl (C=O) groups excluding carboxylic acids is 3. The number of amides is 1. The first-order valence-corrected chi connectivity index (χ1v) is 4.56. The average Bonchev–Trinajstić information content (AvgIpc) is 2.76. The van der Waals surface area contributed by atoms with E-state index in [2.05, 4.69) is 10.1 Å². The van der Waals surface area contributed by atoms with E-state index in [0.717, 1.165) is 0 Å². The van der Waals surface area contributed by atoms with E-state index in [0.29, 0.717) is 0 Å². The van der Waals surface area contributed by atoms with Crippen molar-refractivity contribution < 1.29 is 23.5 Å². The van der Waals surface area contributed by atoms with Gasteiger partial charge < -0.3 is 14.5 Å². The number of nitrogens with one attached hydrogen (secondary N) is 1. The van der Waals surface area contributed by atoms with Gasteiger partial charge in [0, 0.05) is 0 Å². The number of rotatable bonds is 5. The topological polar surface area (TPSA) is 85.6 Å². The lowest BCUT2D eigenvalue weighted by molar-refractivity contribution is -0.146. The molecule has 0 aliphatic rings. The summed E-state index contributed by atoms with van der Waals surface area (Å²) in [5.41, 5.74) is 0. The molecule has 0 saturated heterocycles. The highest BCUT2D eigenvalue weighted by molar-refractivity contribution is 5.93. The molecule has 0 fully saturated rings. The third-order valence-electron chi connectivity index (χ3n) is 1.57. The van der Waals surface area contributed by atoms with Crippen molar-refractivity contribution in [3.05, 3.63) is 24.2 Å². The molecule has 1 aromatic rings. The fourth-order valence-corrected chi connectivity index (χ4v) is 0.880. The van der Waals surface area contributed by atoms with E-state index in [9.17, 15) is 14.4 Å². The molecular formula is C10H11NO5. The van der Waals surface area contributed by atoms with E-state index >= 15 is 0 Å². The molecular weight excluding hydrogens is 214 g/mol. The molecule has 6 heteroatoms. The van der Waals surface area contributed by atoms with Gasteiger partial charge in [-0.1, -0.05) is 0 Å². The number of hydrogen-bond acceptors (Lipinski definition) is 5. The second-order valence-corrected chi connectivity index (χ2v) is 3.02. The maximum Gasteiger partial charge on any atom is 0.325 e. The Balaban J connectivity index is 2.27. The first kappa shape index (κ1) is 12.0. The van der Waals surface area contributed by atoms with Gasteiger partial charge >= 0.3 is 5.97 Å². The molecule has 1 rings (SSSR count). The summed E-state index contributed by atoms with van der Waals surface area (Å²) in [6, 6.07) is 3.03. The summed E-state index contributed by atoms with van der Waals surface area (Å²) in [7, 11) is 0. The molecule has 6 nitrogen and oxygen atoms in total. The van der Waals surface area contributed by atoms with Crippen LogP contribution in [0.4, 0.5) is 0 Å². The SMILES string of the molecule is CC(=O)COC(=O)CNC(=O)c1ccco1. The van der Waals surface area contributed by atoms with Crippen LogP contribution >= 0.6 is 0 Å².